The van der Waals surface area contributed by atoms with Crippen LogP contribution in [0.25, 0.3) is 0 Å². The van der Waals surface area contributed by atoms with Gasteiger partial charge in [-0.2, -0.15) is 26.3 Å². The van der Waals surface area contributed by atoms with Crippen molar-refractivity contribution in [2.24, 2.45) is 17.8 Å². The quantitative estimate of drug-likeness (QED) is 0.513. The largest absolute Gasteiger partial charge is 0.505 e. The van der Waals surface area contributed by atoms with Crippen LogP contribution in [0.4, 0.5) is 26.3 Å². The highest BCUT2D eigenvalue weighted by atomic mass is 28.4. The Morgan fingerprint density at radius 1 is 0.880 bits per heavy atom. The van der Waals surface area contributed by atoms with E-state index >= 15 is 0 Å². The number of alkyl halides is 6. The lowest BCUT2D eigenvalue weighted by Crippen LogP contribution is -2.69. The Hall–Kier alpha value is -0.323. The Labute approximate surface area is 143 Å². The number of fused-ring (bicyclic) bond motifs is 3. The van der Waals surface area contributed by atoms with E-state index in [-0.39, 0.29) is 25.0 Å². The normalized spacial score (nSPS) is 36.5. The van der Waals surface area contributed by atoms with Crippen molar-refractivity contribution in [2.45, 2.75) is 63.0 Å². The SMILES string of the molecule is CCO[Si]1(OCC)OC(C(F)(F)F)(C(F)(F)F)CC2C[C@H]3C[C@@H]2CC31. The van der Waals surface area contributed by atoms with Crippen molar-refractivity contribution in [3.63, 3.8) is 0 Å². The van der Waals surface area contributed by atoms with Gasteiger partial charge in [0.1, 0.15) is 0 Å². The minimum Gasteiger partial charge on any atom is -0.374 e. The van der Waals surface area contributed by atoms with E-state index in [1.165, 1.54) is 13.8 Å². The molecule has 25 heavy (non-hydrogen) atoms. The molecule has 2 heterocycles. The maximum atomic E-state index is 13.8. The highest BCUT2D eigenvalue weighted by Gasteiger charge is 2.79. The standard InChI is InChI=1S/C15H22F6O3Si/c1-3-22-25(23-4-2)12-7-9-5-10(12)6-11(9)8-13(24-25,14(16,17)18)15(19,20)21/h9-12H,3-8H2,1-2H3/t9-,10-,11?,12?/m1/s1. The molecule has 2 unspecified atom stereocenters. The molecule has 2 aliphatic carbocycles. The zero-order valence-electron chi connectivity index (χ0n) is 14.0. The molecule has 146 valence electrons. The molecule has 0 aromatic rings. The molecule has 4 rings (SSSR count). The molecule has 4 atom stereocenters. The minimum absolute atomic E-state index is 0.0271. The van der Waals surface area contributed by atoms with Crippen LogP contribution >= 0.6 is 0 Å². The molecule has 0 spiro atoms. The Morgan fingerprint density at radius 2 is 1.40 bits per heavy atom. The van der Waals surface area contributed by atoms with E-state index in [0.717, 1.165) is 0 Å². The summed E-state index contributed by atoms with van der Waals surface area (Å²) in [4.78, 5) is 0. The van der Waals surface area contributed by atoms with E-state index < -0.39 is 44.6 Å². The lowest BCUT2D eigenvalue weighted by Gasteiger charge is -2.50. The summed E-state index contributed by atoms with van der Waals surface area (Å²) in [6.07, 6.45) is -10.7. The molecule has 4 fully saturated rings. The molecular weight excluding hydrogens is 370 g/mol. The molecular formula is C15H22F6O3Si. The molecule has 2 saturated heterocycles. The van der Waals surface area contributed by atoms with Gasteiger partial charge in [-0.1, -0.05) is 0 Å². The van der Waals surface area contributed by atoms with Crippen LogP contribution in [-0.2, 0) is 13.3 Å². The first-order valence-corrected chi connectivity index (χ1v) is 10.4. The molecule has 3 nitrogen and oxygen atoms in total. The van der Waals surface area contributed by atoms with E-state index in [1.807, 2.05) is 0 Å². The van der Waals surface area contributed by atoms with E-state index in [0.29, 0.717) is 19.3 Å². The maximum absolute atomic E-state index is 13.8. The fourth-order valence-electron chi connectivity index (χ4n) is 5.03. The molecule has 4 aliphatic rings. The summed E-state index contributed by atoms with van der Waals surface area (Å²) in [5.74, 6) is -0.741. The zero-order valence-corrected chi connectivity index (χ0v) is 15.0. The highest BCUT2D eigenvalue weighted by molar-refractivity contribution is 6.62. The Morgan fingerprint density at radius 3 is 1.80 bits per heavy atom. The molecule has 2 aliphatic heterocycles. The van der Waals surface area contributed by atoms with Gasteiger partial charge in [0.25, 0.3) is 5.60 Å². The van der Waals surface area contributed by atoms with Crippen LogP contribution in [0.1, 0.15) is 39.5 Å². The highest BCUT2D eigenvalue weighted by Crippen LogP contribution is 2.65. The van der Waals surface area contributed by atoms with Crippen LogP contribution in [0, 0.1) is 17.8 Å². The van der Waals surface area contributed by atoms with E-state index in [9.17, 15) is 26.3 Å². The predicted octanol–water partition coefficient (Wildman–Crippen LogP) is 4.70. The first kappa shape index (κ1) is 19.4. The fourth-order valence-corrected chi connectivity index (χ4v) is 8.86. The third kappa shape index (κ3) is 2.83. The van der Waals surface area contributed by atoms with Crippen LogP contribution in [0.5, 0.6) is 0 Å². The summed E-state index contributed by atoms with van der Waals surface area (Å²) in [6, 6.07) is 0. The lowest BCUT2D eigenvalue weighted by atomic mass is 9.79. The van der Waals surface area contributed by atoms with Crippen LogP contribution < -0.4 is 0 Å². The van der Waals surface area contributed by atoms with Crippen molar-refractivity contribution in [3.8, 4) is 0 Å². The first-order chi connectivity index (χ1) is 11.5. The third-order valence-electron chi connectivity index (χ3n) is 5.93. The smallest absolute Gasteiger partial charge is 0.374 e. The van der Waals surface area contributed by atoms with Crippen LogP contribution in [0.2, 0.25) is 5.54 Å². The van der Waals surface area contributed by atoms with Crippen molar-refractivity contribution >= 4 is 8.80 Å². The van der Waals surface area contributed by atoms with Gasteiger partial charge in [0.15, 0.2) is 0 Å². The van der Waals surface area contributed by atoms with Gasteiger partial charge in [0.05, 0.1) is 0 Å². The maximum Gasteiger partial charge on any atom is 0.505 e. The van der Waals surface area contributed by atoms with Gasteiger partial charge in [-0.15, -0.1) is 0 Å². The van der Waals surface area contributed by atoms with Gasteiger partial charge in [-0.05, 0) is 57.3 Å². The monoisotopic (exact) mass is 392 g/mol. The van der Waals surface area contributed by atoms with Gasteiger partial charge in [-0.3, -0.25) is 0 Å². The number of halogens is 6. The van der Waals surface area contributed by atoms with Crippen molar-refractivity contribution in [2.75, 3.05) is 13.2 Å². The average molecular weight is 392 g/mol. The fraction of sp³-hybridized carbons (Fsp3) is 1.00. The predicted molar refractivity (Wildman–Crippen MR) is 77.6 cm³/mol. The van der Waals surface area contributed by atoms with Gasteiger partial charge in [0, 0.05) is 18.8 Å². The summed E-state index contributed by atoms with van der Waals surface area (Å²) < 4.78 is 98.6. The second kappa shape index (κ2) is 6.10. The van der Waals surface area contributed by atoms with Gasteiger partial charge < -0.3 is 13.3 Å². The molecule has 0 N–H and O–H groups in total. The van der Waals surface area contributed by atoms with Crippen molar-refractivity contribution in [1.29, 1.82) is 0 Å². The van der Waals surface area contributed by atoms with E-state index in [2.05, 4.69) is 0 Å². The van der Waals surface area contributed by atoms with Gasteiger partial charge in [0.2, 0.25) is 0 Å². The molecule has 0 aromatic carbocycles. The average Bonchev–Trinajstić information content (AvgIpc) is 3.03. The van der Waals surface area contributed by atoms with E-state index in [4.69, 9.17) is 13.3 Å². The number of hydrogen-bond acceptors (Lipinski definition) is 3. The summed E-state index contributed by atoms with van der Waals surface area (Å²) >= 11 is 0. The third-order valence-corrected chi connectivity index (χ3v) is 9.56. The molecule has 0 amide bonds. The van der Waals surface area contributed by atoms with Gasteiger partial charge >= 0.3 is 21.2 Å². The molecule has 0 aromatic heterocycles. The molecule has 2 saturated carbocycles. The first-order valence-electron chi connectivity index (χ1n) is 8.61. The minimum atomic E-state index is -5.58. The Balaban J connectivity index is 2.14. The van der Waals surface area contributed by atoms with Crippen molar-refractivity contribution < 1.29 is 39.6 Å². The topological polar surface area (TPSA) is 27.7 Å². The second-order valence-electron chi connectivity index (χ2n) is 7.19. The van der Waals surface area contributed by atoms with Crippen molar-refractivity contribution in [3.05, 3.63) is 0 Å². The molecule has 10 heteroatoms. The molecule has 4 bridgehead atoms. The van der Waals surface area contributed by atoms with Crippen LogP contribution in [-0.4, -0.2) is 40.0 Å². The number of hydrogen-bond donors (Lipinski definition) is 0. The van der Waals surface area contributed by atoms with E-state index in [1.54, 1.807) is 0 Å². The zero-order chi connectivity index (χ0) is 18.7. The lowest BCUT2D eigenvalue weighted by molar-refractivity contribution is -0.374. The number of rotatable bonds is 4. The summed E-state index contributed by atoms with van der Waals surface area (Å²) in [6.45, 7) is 2.98. The summed E-state index contributed by atoms with van der Waals surface area (Å²) in [7, 11) is -4.17. The van der Waals surface area contributed by atoms with Gasteiger partial charge in [-0.25, -0.2) is 0 Å². The summed E-state index contributed by atoms with van der Waals surface area (Å²) in [5, 5.41) is 0. The van der Waals surface area contributed by atoms with Crippen LogP contribution in [0.15, 0.2) is 0 Å². The second-order valence-corrected chi connectivity index (χ2v) is 9.92. The Bertz CT molecular complexity index is 488. The molecule has 0 radical (unpaired) electrons. The Kier molecular flexibility index (Phi) is 4.74. The van der Waals surface area contributed by atoms with Crippen molar-refractivity contribution in [1.82, 2.24) is 0 Å². The summed E-state index contributed by atoms with van der Waals surface area (Å²) in [5.41, 5.74) is -4.70. The van der Waals surface area contributed by atoms with Crippen LogP contribution in [0.3, 0.4) is 0 Å².